The molecule has 1 aromatic carbocycles. The Morgan fingerprint density at radius 3 is 2.78 bits per heavy atom. The Hall–Kier alpha value is -0.520. The third kappa shape index (κ3) is 2.73. The first kappa shape index (κ1) is 13.9. The molecule has 2 nitrogen and oxygen atoms in total. The van der Waals surface area contributed by atoms with Crippen LogP contribution in [0.4, 0.5) is 8.78 Å². The van der Waals surface area contributed by atoms with Gasteiger partial charge >= 0.3 is 0 Å². The third-order valence-corrected chi connectivity index (χ3v) is 4.07. The Balaban J connectivity index is 2.26. The van der Waals surface area contributed by atoms with Crippen LogP contribution in [0.25, 0.3) is 0 Å². The van der Waals surface area contributed by atoms with Crippen LogP contribution in [0, 0.1) is 11.6 Å². The van der Waals surface area contributed by atoms with E-state index in [0.717, 1.165) is 19.6 Å². The molecule has 0 aliphatic carbocycles. The van der Waals surface area contributed by atoms with Gasteiger partial charge in [0.05, 0.1) is 4.47 Å². The minimum atomic E-state index is -0.496. The van der Waals surface area contributed by atoms with Crippen LogP contribution in [0.5, 0.6) is 0 Å². The summed E-state index contributed by atoms with van der Waals surface area (Å²) in [6.07, 6.45) is 0. The molecule has 5 heteroatoms. The molecule has 1 aliphatic rings. The molecule has 1 aliphatic heterocycles. The van der Waals surface area contributed by atoms with Gasteiger partial charge in [0.1, 0.15) is 11.6 Å². The lowest BCUT2D eigenvalue weighted by Gasteiger charge is -2.43. The van der Waals surface area contributed by atoms with E-state index in [1.807, 2.05) is 0 Å². The molecule has 100 valence electrons. The second-order valence-electron chi connectivity index (χ2n) is 5.23. The van der Waals surface area contributed by atoms with Gasteiger partial charge in [0, 0.05) is 37.3 Å². The maximum Gasteiger partial charge on any atom is 0.144 e. The lowest BCUT2D eigenvalue weighted by molar-refractivity contribution is 0.0803. The monoisotopic (exact) mass is 318 g/mol. The van der Waals surface area contributed by atoms with Crippen LogP contribution in [-0.4, -0.2) is 30.1 Å². The zero-order valence-corrected chi connectivity index (χ0v) is 12.2. The van der Waals surface area contributed by atoms with Gasteiger partial charge in [-0.1, -0.05) is 0 Å². The van der Waals surface area contributed by atoms with Crippen molar-refractivity contribution >= 4 is 15.9 Å². The van der Waals surface area contributed by atoms with Crippen molar-refractivity contribution in [3.05, 3.63) is 33.8 Å². The minimum Gasteiger partial charge on any atom is -0.314 e. The number of piperazine rings is 1. The SMILES string of the molecule is CC1(C)CNCCN1Cc1c(F)ccc(Br)c1F. The molecule has 0 saturated carbocycles. The summed E-state index contributed by atoms with van der Waals surface area (Å²) < 4.78 is 28.0. The van der Waals surface area contributed by atoms with E-state index in [0.29, 0.717) is 11.0 Å². The average molecular weight is 319 g/mol. The Kier molecular flexibility index (Phi) is 4.04. The first-order valence-corrected chi connectivity index (χ1v) is 6.79. The average Bonchev–Trinajstić information content (AvgIpc) is 2.31. The van der Waals surface area contributed by atoms with E-state index >= 15 is 0 Å². The van der Waals surface area contributed by atoms with Crippen molar-refractivity contribution in [1.82, 2.24) is 10.2 Å². The van der Waals surface area contributed by atoms with Crippen molar-refractivity contribution < 1.29 is 8.78 Å². The fraction of sp³-hybridized carbons (Fsp3) is 0.538. The van der Waals surface area contributed by atoms with Gasteiger partial charge in [-0.25, -0.2) is 8.78 Å². The highest BCUT2D eigenvalue weighted by atomic mass is 79.9. The molecule has 1 aromatic rings. The Labute approximate surface area is 114 Å². The fourth-order valence-electron chi connectivity index (χ4n) is 2.22. The normalized spacial score (nSPS) is 20.1. The molecule has 0 bridgehead atoms. The van der Waals surface area contributed by atoms with Gasteiger partial charge in [0.15, 0.2) is 0 Å². The molecule has 0 spiro atoms. The maximum absolute atomic E-state index is 13.9. The van der Waals surface area contributed by atoms with Gasteiger partial charge < -0.3 is 5.32 Å². The van der Waals surface area contributed by atoms with Crippen LogP contribution in [0.1, 0.15) is 19.4 Å². The van der Waals surface area contributed by atoms with E-state index in [1.165, 1.54) is 12.1 Å². The zero-order chi connectivity index (χ0) is 13.3. The van der Waals surface area contributed by atoms with Gasteiger partial charge in [-0.2, -0.15) is 0 Å². The standard InChI is InChI=1S/C13H17BrF2N2/c1-13(2)8-17-5-6-18(13)7-9-11(15)4-3-10(14)12(9)16/h3-4,17H,5-8H2,1-2H3. The van der Waals surface area contributed by atoms with Gasteiger partial charge in [0.25, 0.3) is 0 Å². The molecule has 0 aromatic heterocycles. The zero-order valence-electron chi connectivity index (χ0n) is 10.6. The summed E-state index contributed by atoms with van der Waals surface area (Å²) in [6.45, 7) is 6.91. The summed E-state index contributed by atoms with van der Waals surface area (Å²) in [5.41, 5.74) is 0.0405. The second kappa shape index (κ2) is 5.23. The summed E-state index contributed by atoms with van der Waals surface area (Å²) in [6, 6.07) is 2.70. The number of nitrogens with one attached hydrogen (secondary N) is 1. The lowest BCUT2D eigenvalue weighted by Crippen LogP contribution is -2.57. The van der Waals surface area contributed by atoms with Crippen LogP contribution in [0.3, 0.4) is 0 Å². The molecule has 1 heterocycles. The highest BCUT2D eigenvalue weighted by Gasteiger charge is 2.30. The molecule has 18 heavy (non-hydrogen) atoms. The smallest absolute Gasteiger partial charge is 0.144 e. The topological polar surface area (TPSA) is 15.3 Å². The van der Waals surface area contributed by atoms with Crippen LogP contribution >= 0.6 is 15.9 Å². The van der Waals surface area contributed by atoms with E-state index in [4.69, 9.17) is 0 Å². The first-order valence-electron chi connectivity index (χ1n) is 6.00. The first-order chi connectivity index (χ1) is 8.42. The summed E-state index contributed by atoms with van der Waals surface area (Å²) in [5, 5.41) is 3.29. The molecule has 0 unspecified atom stereocenters. The molecule has 1 fully saturated rings. The van der Waals surface area contributed by atoms with E-state index in [2.05, 4.69) is 40.0 Å². The summed E-state index contributed by atoms with van der Waals surface area (Å²) in [7, 11) is 0. The quantitative estimate of drug-likeness (QED) is 0.843. The van der Waals surface area contributed by atoms with Gasteiger partial charge in [-0.15, -0.1) is 0 Å². The van der Waals surface area contributed by atoms with E-state index in [-0.39, 0.29) is 11.1 Å². The van der Waals surface area contributed by atoms with Crippen LogP contribution in [0.15, 0.2) is 16.6 Å². The largest absolute Gasteiger partial charge is 0.314 e. The fourth-order valence-corrected chi connectivity index (χ4v) is 2.59. The third-order valence-electron chi connectivity index (χ3n) is 3.46. The number of halogens is 3. The molecule has 0 radical (unpaired) electrons. The minimum absolute atomic E-state index is 0.0978. The summed E-state index contributed by atoms with van der Waals surface area (Å²) >= 11 is 3.10. The van der Waals surface area contributed by atoms with Crippen molar-refractivity contribution in [2.24, 2.45) is 0 Å². The van der Waals surface area contributed by atoms with Crippen LogP contribution in [0.2, 0.25) is 0 Å². The molecule has 2 rings (SSSR count). The molecule has 0 atom stereocenters. The second-order valence-corrected chi connectivity index (χ2v) is 6.09. The van der Waals surface area contributed by atoms with Gasteiger partial charge in [-0.05, 0) is 41.9 Å². The lowest BCUT2D eigenvalue weighted by atomic mass is 9.99. The van der Waals surface area contributed by atoms with Crippen molar-refractivity contribution in [1.29, 1.82) is 0 Å². The number of hydrogen-bond donors (Lipinski definition) is 1. The maximum atomic E-state index is 13.9. The van der Waals surface area contributed by atoms with Crippen LogP contribution in [-0.2, 0) is 6.54 Å². The predicted molar refractivity (Wildman–Crippen MR) is 71.4 cm³/mol. The molecule has 0 amide bonds. The molecular weight excluding hydrogens is 302 g/mol. The van der Waals surface area contributed by atoms with E-state index in [9.17, 15) is 8.78 Å². The van der Waals surface area contributed by atoms with Crippen molar-refractivity contribution in [3.63, 3.8) is 0 Å². The molecule has 1 N–H and O–H groups in total. The van der Waals surface area contributed by atoms with Gasteiger partial charge in [0.2, 0.25) is 0 Å². The summed E-state index contributed by atoms with van der Waals surface area (Å²) in [5.74, 6) is -0.977. The van der Waals surface area contributed by atoms with Crippen molar-refractivity contribution in [2.45, 2.75) is 25.9 Å². The Morgan fingerprint density at radius 2 is 2.11 bits per heavy atom. The molecule has 1 saturated heterocycles. The van der Waals surface area contributed by atoms with Gasteiger partial charge in [-0.3, -0.25) is 4.90 Å². The number of rotatable bonds is 2. The number of nitrogens with zero attached hydrogens (tertiary/aromatic N) is 1. The highest BCUT2D eigenvalue weighted by Crippen LogP contribution is 2.26. The van der Waals surface area contributed by atoms with E-state index in [1.54, 1.807) is 0 Å². The van der Waals surface area contributed by atoms with Crippen molar-refractivity contribution in [2.75, 3.05) is 19.6 Å². The molecular formula is C13H17BrF2N2. The Bertz CT molecular complexity index is 449. The predicted octanol–water partition coefficient (Wildman–Crippen LogP) is 2.91. The Morgan fingerprint density at radius 1 is 1.39 bits per heavy atom. The number of benzene rings is 1. The summed E-state index contributed by atoms with van der Waals surface area (Å²) in [4.78, 5) is 2.11. The van der Waals surface area contributed by atoms with E-state index < -0.39 is 11.6 Å². The van der Waals surface area contributed by atoms with Crippen LogP contribution < -0.4 is 5.32 Å². The highest BCUT2D eigenvalue weighted by molar-refractivity contribution is 9.10. The number of hydrogen-bond acceptors (Lipinski definition) is 2. The van der Waals surface area contributed by atoms with Crippen molar-refractivity contribution in [3.8, 4) is 0 Å².